The molecule has 2 rings (SSSR count). The van der Waals surface area contributed by atoms with E-state index in [0.717, 1.165) is 0 Å². The Morgan fingerprint density at radius 2 is 1.93 bits per heavy atom. The second kappa shape index (κ2) is 9.55. The van der Waals surface area contributed by atoms with Crippen LogP contribution in [0.1, 0.15) is 0 Å². The molecule has 1 saturated heterocycles. The van der Waals surface area contributed by atoms with Gasteiger partial charge in [0.15, 0.2) is 16.6 Å². The predicted octanol–water partition coefficient (Wildman–Crippen LogP) is -7.20. The summed E-state index contributed by atoms with van der Waals surface area (Å²) >= 11 is 0. The quantitative estimate of drug-likeness (QED) is 0.132. The summed E-state index contributed by atoms with van der Waals surface area (Å²) in [6.45, 7) is -0.939. The molecule has 29 heavy (non-hydrogen) atoms. The zero-order valence-electron chi connectivity index (χ0n) is 14.1. The number of carbonyl (C=O) groups excluding carboxylic acids is 1. The molecule has 168 valence electrons. The van der Waals surface area contributed by atoms with Crippen LogP contribution in [0.25, 0.3) is 0 Å². The Kier molecular flexibility index (Phi) is 7.84. The van der Waals surface area contributed by atoms with Crippen molar-refractivity contribution < 1.29 is 72.7 Å². The molecule has 0 radical (unpaired) electrons. The van der Waals surface area contributed by atoms with Crippen LogP contribution >= 0.6 is 0 Å². The molecule has 0 spiro atoms. The van der Waals surface area contributed by atoms with Gasteiger partial charge in [-0.25, -0.2) is 18.0 Å². The van der Waals surface area contributed by atoms with Crippen LogP contribution in [0.3, 0.4) is 0 Å². The zero-order chi connectivity index (χ0) is 21.9. The van der Waals surface area contributed by atoms with Gasteiger partial charge in [-0.05, 0) is 6.08 Å². The van der Waals surface area contributed by atoms with Crippen molar-refractivity contribution in [1.29, 1.82) is 0 Å². The first-order valence-electron chi connectivity index (χ1n) is 7.72. The third-order valence-corrected chi connectivity index (χ3v) is 4.52. The maximum atomic E-state index is 11.0. The number of hydrogen-bond acceptors (Lipinski definition) is 15. The zero-order valence-corrected chi connectivity index (χ0v) is 14.9. The number of carboxylic acid groups (broad SMARTS) is 1. The number of carbonyl (C=O) groups is 1. The van der Waals surface area contributed by atoms with Crippen LogP contribution in [0.15, 0.2) is 11.8 Å². The van der Waals surface area contributed by atoms with Crippen molar-refractivity contribution in [3.8, 4) is 0 Å². The van der Waals surface area contributed by atoms with Crippen molar-refractivity contribution in [2.24, 2.45) is 0 Å². The third-order valence-electron chi connectivity index (χ3n) is 3.96. The van der Waals surface area contributed by atoms with E-state index in [1.54, 1.807) is 0 Å². The van der Waals surface area contributed by atoms with E-state index < -0.39 is 77.8 Å². The first-order chi connectivity index (χ1) is 13.5. The lowest BCUT2D eigenvalue weighted by Gasteiger charge is -2.45. The van der Waals surface area contributed by atoms with E-state index in [0.29, 0.717) is 6.08 Å². The minimum atomic E-state index is -5.24. The van der Waals surface area contributed by atoms with Gasteiger partial charge in [-0.2, -0.15) is 0 Å². The van der Waals surface area contributed by atoms with E-state index in [2.05, 4.69) is 9.93 Å². The van der Waals surface area contributed by atoms with Gasteiger partial charge in [-0.3, -0.25) is 5.04 Å². The number of carboxylic acids is 1. The lowest BCUT2D eigenvalue weighted by atomic mass is 9.97. The van der Waals surface area contributed by atoms with Crippen molar-refractivity contribution in [2.45, 2.75) is 49.1 Å². The number of aliphatic carboxylic acids is 1. The molecule has 17 heteroatoms. The highest BCUT2D eigenvalue weighted by atomic mass is 32.2. The molecule has 2 aliphatic rings. The highest BCUT2D eigenvalue weighted by molar-refractivity contribution is 7.83. The van der Waals surface area contributed by atoms with Crippen LogP contribution in [0, 0.1) is 0 Å². The molecule has 1 fully saturated rings. The van der Waals surface area contributed by atoms with E-state index in [1.807, 2.05) is 0 Å². The SMILES string of the molecule is O=C([O-])C1=C[C@H](O)C(O)[C@H](O[C@@H]2C(CO)O[C@@H](O)C(NS(=O)(=O)[O-])[C@H]2OO[O-])O1. The molecule has 0 aromatic rings. The highest BCUT2D eigenvalue weighted by Crippen LogP contribution is 2.29. The van der Waals surface area contributed by atoms with Crippen LogP contribution in [0.4, 0.5) is 0 Å². The topological polar surface area (TPSA) is 259 Å². The van der Waals surface area contributed by atoms with E-state index in [1.165, 1.54) is 4.72 Å². The third kappa shape index (κ3) is 5.78. The molecule has 0 amide bonds. The van der Waals surface area contributed by atoms with E-state index >= 15 is 0 Å². The molecule has 0 aromatic carbocycles. The largest absolute Gasteiger partial charge is 0.735 e. The average Bonchev–Trinajstić information content (AvgIpc) is 2.62. The monoisotopic (exact) mass is 446 g/mol. The van der Waals surface area contributed by atoms with Crippen LogP contribution < -0.4 is 15.1 Å². The van der Waals surface area contributed by atoms with Crippen molar-refractivity contribution in [3.05, 3.63) is 11.8 Å². The maximum absolute atomic E-state index is 11.0. The lowest BCUT2D eigenvalue weighted by molar-refractivity contribution is -0.807. The number of rotatable bonds is 8. The Bertz CT molecular complexity index is 712. The molecular formula is C12H16NO15S-3. The summed E-state index contributed by atoms with van der Waals surface area (Å²) in [6, 6.07) is -2.00. The van der Waals surface area contributed by atoms with Gasteiger partial charge in [0.05, 0.1) is 6.61 Å². The highest BCUT2D eigenvalue weighted by Gasteiger charge is 2.50. The minimum absolute atomic E-state index is 0.605. The standard InChI is InChI=1S/C12H19NO15S/c14-2-5-8(26-12-7(16)3(15)1-4(25-12)10(17)18)9(27-28-20)6(11(19)24-5)13-29(21,22)23/h1,3,5-9,11-16,19-20H,2H2,(H,17,18)(H,21,22,23)/p-3/t3-,5?,6?,7?,8+,9+,11+,12-/m0/s1. The second-order valence-electron chi connectivity index (χ2n) is 5.86. The summed E-state index contributed by atoms with van der Waals surface area (Å²) in [5.41, 5.74) is 0. The maximum Gasteiger partial charge on any atom is 0.229 e. The summed E-state index contributed by atoms with van der Waals surface area (Å²) in [6.07, 6.45) is -12.6. The molecule has 0 aliphatic carbocycles. The van der Waals surface area contributed by atoms with E-state index in [9.17, 15) is 48.6 Å². The first-order valence-corrected chi connectivity index (χ1v) is 9.13. The molecule has 0 saturated carbocycles. The van der Waals surface area contributed by atoms with Crippen LogP contribution in [-0.2, 0) is 39.2 Å². The van der Waals surface area contributed by atoms with Gasteiger partial charge in [0, 0.05) is 0 Å². The van der Waals surface area contributed by atoms with Gasteiger partial charge in [0.2, 0.25) is 6.29 Å². The minimum Gasteiger partial charge on any atom is -0.735 e. The molecule has 3 unspecified atom stereocenters. The fourth-order valence-corrected chi connectivity index (χ4v) is 3.30. The first kappa shape index (κ1) is 23.8. The van der Waals surface area contributed by atoms with Gasteiger partial charge >= 0.3 is 0 Å². The van der Waals surface area contributed by atoms with E-state index in [-0.39, 0.29) is 0 Å². The predicted molar refractivity (Wildman–Crippen MR) is 75.4 cm³/mol. The van der Waals surface area contributed by atoms with Crippen LogP contribution in [0.2, 0.25) is 0 Å². The Morgan fingerprint density at radius 3 is 2.45 bits per heavy atom. The van der Waals surface area contributed by atoms with Crippen LogP contribution in [-0.4, -0.2) is 95.1 Å². The molecule has 8 atom stereocenters. The van der Waals surface area contributed by atoms with Crippen molar-refractivity contribution in [3.63, 3.8) is 0 Å². The summed E-state index contributed by atoms with van der Waals surface area (Å²) < 4.78 is 49.2. The number of aliphatic hydroxyl groups is 4. The van der Waals surface area contributed by atoms with Crippen molar-refractivity contribution in [2.75, 3.05) is 6.61 Å². The average molecular weight is 446 g/mol. The smallest absolute Gasteiger partial charge is 0.229 e. The van der Waals surface area contributed by atoms with Gasteiger partial charge in [-0.15, -0.1) is 0 Å². The van der Waals surface area contributed by atoms with E-state index in [4.69, 9.17) is 14.2 Å². The summed E-state index contributed by atoms with van der Waals surface area (Å²) in [5, 5.41) is 63.5. The molecular weight excluding hydrogens is 430 g/mol. The fraction of sp³-hybridized carbons (Fsp3) is 0.750. The summed E-state index contributed by atoms with van der Waals surface area (Å²) in [4.78, 5) is 15.2. The number of nitrogens with one attached hydrogen (secondary N) is 1. The molecule has 16 nitrogen and oxygen atoms in total. The molecule has 5 N–H and O–H groups in total. The molecule has 2 heterocycles. The lowest BCUT2D eigenvalue weighted by Crippen LogP contribution is -2.66. The summed E-state index contributed by atoms with van der Waals surface area (Å²) in [5.74, 6) is -2.81. The second-order valence-corrected chi connectivity index (χ2v) is 7.00. The Labute approximate surface area is 162 Å². The fourth-order valence-electron chi connectivity index (χ4n) is 2.71. The van der Waals surface area contributed by atoms with Gasteiger partial charge < -0.3 is 54.3 Å². The van der Waals surface area contributed by atoms with Gasteiger partial charge in [0.25, 0.3) is 0 Å². The van der Waals surface area contributed by atoms with Gasteiger partial charge in [0.1, 0.15) is 48.3 Å². The molecule has 2 aliphatic heterocycles. The Balaban J connectivity index is 2.32. The Morgan fingerprint density at radius 1 is 1.28 bits per heavy atom. The number of aliphatic hydroxyl groups excluding tert-OH is 4. The number of ether oxygens (including phenoxy) is 3. The molecule has 0 aromatic heterocycles. The summed E-state index contributed by atoms with van der Waals surface area (Å²) in [7, 11) is -5.24. The van der Waals surface area contributed by atoms with Gasteiger partial charge in [-0.1, -0.05) is 0 Å². The van der Waals surface area contributed by atoms with Crippen molar-refractivity contribution >= 4 is 16.3 Å². The van der Waals surface area contributed by atoms with Crippen molar-refractivity contribution in [1.82, 2.24) is 4.72 Å². The Hall–Kier alpha value is -1.48. The normalized spacial score (nSPS) is 38.2. The number of hydrogen-bond donors (Lipinski definition) is 5. The molecule has 0 bridgehead atoms. The van der Waals surface area contributed by atoms with Crippen LogP contribution in [0.5, 0.6) is 0 Å².